The first-order valence-corrected chi connectivity index (χ1v) is 14.3. The van der Waals surface area contributed by atoms with Crippen LogP contribution >= 0.6 is 11.6 Å². The van der Waals surface area contributed by atoms with Crippen molar-refractivity contribution in [2.75, 3.05) is 10.8 Å². The highest BCUT2D eigenvalue weighted by molar-refractivity contribution is 7.92. The number of anilines is 1. The van der Waals surface area contributed by atoms with E-state index in [1.807, 2.05) is 51.1 Å². The molecule has 0 heterocycles. The van der Waals surface area contributed by atoms with E-state index >= 15 is 0 Å². The number of para-hydroxylation sites is 1. The van der Waals surface area contributed by atoms with Crippen LogP contribution in [0.4, 0.5) is 5.69 Å². The number of nitrogens with one attached hydrogen (secondary N) is 1. The molecule has 0 aliphatic rings. The Bertz CT molecular complexity index is 1350. The molecule has 0 unspecified atom stereocenters. The highest BCUT2D eigenvalue weighted by Crippen LogP contribution is 2.28. The molecule has 1 atom stereocenters. The minimum atomic E-state index is -4.14. The van der Waals surface area contributed by atoms with Gasteiger partial charge in [0.15, 0.2) is 0 Å². The number of halogens is 1. The van der Waals surface area contributed by atoms with Crippen molar-refractivity contribution in [2.45, 2.75) is 57.6 Å². The number of hydrogen-bond donors (Lipinski definition) is 1. The van der Waals surface area contributed by atoms with Gasteiger partial charge in [0.05, 0.1) is 10.6 Å². The minimum Gasteiger partial charge on any atom is -0.352 e. The van der Waals surface area contributed by atoms with Gasteiger partial charge in [-0.1, -0.05) is 67.1 Å². The fourth-order valence-corrected chi connectivity index (χ4v) is 5.78. The lowest BCUT2D eigenvalue weighted by atomic mass is 10.1. The molecule has 0 spiro atoms. The SMILES string of the molecule is CC[C@H](C(=O)NC(C)C)N(Cc1ccccc1)C(=O)CN(c1ccccc1C)S(=O)(=O)c1ccc(Cl)cc1. The van der Waals surface area contributed by atoms with Crippen molar-refractivity contribution >= 4 is 39.1 Å². The summed E-state index contributed by atoms with van der Waals surface area (Å²) in [5.74, 6) is -0.768. The molecular formula is C29H34ClN3O4S. The van der Waals surface area contributed by atoms with Crippen molar-refractivity contribution in [2.24, 2.45) is 0 Å². The topological polar surface area (TPSA) is 86.8 Å². The van der Waals surface area contributed by atoms with Crippen LogP contribution in [0.3, 0.4) is 0 Å². The van der Waals surface area contributed by atoms with E-state index in [4.69, 9.17) is 11.6 Å². The zero-order chi connectivity index (χ0) is 27.9. The predicted molar refractivity (Wildman–Crippen MR) is 152 cm³/mol. The molecule has 2 amide bonds. The van der Waals surface area contributed by atoms with E-state index in [0.29, 0.717) is 22.7 Å². The Balaban J connectivity index is 2.06. The van der Waals surface area contributed by atoms with Crippen LogP contribution in [-0.2, 0) is 26.2 Å². The maximum Gasteiger partial charge on any atom is 0.264 e. The monoisotopic (exact) mass is 555 g/mol. The summed E-state index contributed by atoms with van der Waals surface area (Å²) < 4.78 is 28.8. The van der Waals surface area contributed by atoms with E-state index in [2.05, 4.69) is 5.32 Å². The van der Waals surface area contributed by atoms with Gasteiger partial charge in [-0.3, -0.25) is 13.9 Å². The van der Waals surface area contributed by atoms with Crippen LogP contribution in [0.2, 0.25) is 5.02 Å². The molecule has 1 N–H and O–H groups in total. The van der Waals surface area contributed by atoms with Gasteiger partial charge in [-0.05, 0) is 68.7 Å². The first-order chi connectivity index (χ1) is 18.0. The smallest absolute Gasteiger partial charge is 0.264 e. The Morgan fingerprint density at radius 1 is 0.921 bits per heavy atom. The second-order valence-electron chi connectivity index (χ2n) is 9.35. The Hall–Kier alpha value is -3.36. The van der Waals surface area contributed by atoms with Gasteiger partial charge >= 0.3 is 0 Å². The zero-order valence-corrected chi connectivity index (χ0v) is 23.7. The van der Waals surface area contributed by atoms with E-state index in [0.717, 1.165) is 9.87 Å². The third-order valence-electron chi connectivity index (χ3n) is 6.08. The van der Waals surface area contributed by atoms with E-state index < -0.39 is 28.5 Å². The third kappa shape index (κ3) is 7.14. The van der Waals surface area contributed by atoms with Gasteiger partial charge < -0.3 is 10.2 Å². The molecule has 0 bridgehead atoms. The molecule has 0 fully saturated rings. The Morgan fingerprint density at radius 2 is 1.53 bits per heavy atom. The first kappa shape index (κ1) is 29.2. The maximum absolute atomic E-state index is 14.0. The number of carbonyl (C=O) groups is 2. The van der Waals surface area contributed by atoms with Crippen LogP contribution in [0.5, 0.6) is 0 Å². The average Bonchev–Trinajstić information content (AvgIpc) is 2.88. The summed E-state index contributed by atoms with van der Waals surface area (Å²) >= 11 is 6.00. The van der Waals surface area contributed by atoms with Crippen LogP contribution in [0.15, 0.2) is 83.8 Å². The third-order valence-corrected chi connectivity index (χ3v) is 8.10. The lowest BCUT2D eigenvalue weighted by Gasteiger charge is -2.34. The number of hydrogen-bond acceptors (Lipinski definition) is 4. The van der Waals surface area contributed by atoms with Gasteiger partial charge in [-0.25, -0.2) is 8.42 Å². The molecule has 38 heavy (non-hydrogen) atoms. The number of benzene rings is 3. The highest BCUT2D eigenvalue weighted by Gasteiger charge is 2.34. The Morgan fingerprint density at radius 3 is 2.11 bits per heavy atom. The fourth-order valence-electron chi connectivity index (χ4n) is 4.17. The molecule has 0 aliphatic heterocycles. The van der Waals surface area contributed by atoms with Crippen LogP contribution in [-0.4, -0.2) is 43.8 Å². The van der Waals surface area contributed by atoms with E-state index in [1.54, 1.807) is 31.2 Å². The van der Waals surface area contributed by atoms with Crippen molar-refractivity contribution in [3.05, 3.63) is 95.0 Å². The van der Waals surface area contributed by atoms with Gasteiger partial charge in [0, 0.05) is 17.6 Å². The molecule has 3 aromatic carbocycles. The minimum absolute atomic E-state index is 0.0113. The quantitative estimate of drug-likeness (QED) is 0.353. The normalized spacial score (nSPS) is 12.2. The molecule has 0 aliphatic carbocycles. The number of aryl methyl sites for hydroxylation is 1. The van der Waals surface area contributed by atoms with Gasteiger partial charge in [0.1, 0.15) is 12.6 Å². The summed E-state index contributed by atoms with van der Waals surface area (Å²) in [5, 5.41) is 3.29. The lowest BCUT2D eigenvalue weighted by molar-refractivity contribution is -0.140. The van der Waals surface area contributed by atoms with Gasteiger partial charge in [-0.2, -0.15) is 0 Å². The fraction of sp³-hybridized carbons (Fsp3) is 0.310. The zero-order valence-electron chi connectivity index (χ0n) is 22.1. The molecule has 3 rings (SSSR count). The van der Waals surface area contributed by atoms with Crippen LogP contribution < -0.4 is 9.62 Å². The number of rotatable bonds is 11. The molecule has 3 aromatic rings. The molecule has 0 saturated heterocycles. The number of sulfonamides is 1. The van der Waals surface area contributed by atoms with Gasteiger partial charge in [0.25, 0.3) is 10.0 Å². The Labute approximate surface area is 230 Å². The average molecular weight is 556 g/mol. The standard InChI is InChI=1S/C29H34ClN3O4S/c1-5-26(29(35)31-21(2)3)32(19-23-12-7-6-8-13-23)28(34)20-33(27-14-10-9-11-22(27)4)38(36,37)25-17-15-24(30)16-18-25/h6-18,21,26H,5,19-20H2,1-4H3,(H,31,35)/t26-/m1/s1. The molecule has 7 nitrogen and oxygen atoms in total. The molecule has 0 radical (unpaired) electrons. The molecule has 9 heteroatoms. The summed E-state index contributed by atoms with van der Waals surface area (Å²) in [5.41, 5.74) is 1.91. The molecule has 202 valence electrons. The summed E-state index contributed by atoms with van der Waals surface area (Å²) in [6.07, 6.45) is 0.366. The molecule has 0 aromatic heterocycles. The van der Waals surface area contributed by atoms with Crippen molar-refractivity contribution < 1.29 is 18.0 Å². The second-order valence-corrected chi connectivity index (χ2v) is 11.6. The van der Waals surface area contributed by atoms with E-state index in [-0.39, 0.29) is 23.4 Å². The predicted octanol–water partition coefficient (Wildman–Crippen LogP) is 5.18. The van der Waals surface area contributed by atoms with Crippen molar-refractivity contribution in [3.63, 3.8) is 0 Å². The Kier molecular flexibility index (Phi) is 9.94. The number of carbonyl (C=O) groups excluding carboxylic acids is 2. The summed E-state index contributed by atoms with van der Waals surface area (Å²) in [7, 11) is -4.14. The molecular weight excluding hydrogens is 522 g/mol. The number of amides is 2. The van der Waals surface area contributed by atoms with Crippen molar-refractivity contribution in [1.82, 2.24) is 10.2 Å². The molecule has 0 saturated carbocycles. The maximum atomic E-state index is 14.0. The van der Waals surface area contributed by atoms with Crippen LogP contribution in [0, 0.1) is 6.92 Å². The highest BCUT2D eigenvalue weighted by atomic mass is 35.5. The summed E-state index contributed by atoms with van der Waals surface area (Å²) in [4.78, 5) is 28.6. The van der Waals surface area contributed by atoms with Gasteiger partial charge in [-0.15, -0.1) is 0 Å². The van der Waals surface area contributed by atoms with Gasteiger partial charge in [0.2, 0.25) is 11.8 Å². The second kappa shape index (κ2) is 12.9. The summed E-state index contributed by atoms with van der Waals surface area (Å²) in [6, 6.07) is 21.3. The summed E-state index contributed by atoms with van der Waals surface area (Å²) in [6.45, 7) is 7.01. The first-order valence-electron chi connectivity index (χ1n) is 12.5. The largest absolute Gasteiger partial charge is 0.352 e. The lowest BCUT2D eigenvalue weighted by Crippen LogP contribution is -2.53. The van der Waals surface area contributed by atoms with Crippen molar-refractivity contribution in [1.29, 1.82) is 0 Å². The van der Waals surface area contributed by atoms with E-state index in [1.165, 1.54) is 29.2 Å². The van der Waals surface area contributed by atoms with Crippen LogP contribution in [0.1, 0.15) is 38.3 Å². The number of nitrogens with zero attached hydrogens (tertiary/aromatic N) is 2. The van der Waals surface area contributed by atoms with Crippen LogP contribution in [0.25, 0.3) is 0 Å². The van der Waals surface area contributed by atoms with Crippen molar-refractivity contribution in [3.8, 4) is 0 Å². The van der Waals surface area contributed by atoms with E-state index in [9.17, 15) is 18.0 Å².